The van der Waals surface area contributed by atoms with Gasteiger partial charge in [0.2, 0.25) is 27.7 Å². The number of benzene rings is 1. The Morgan fingerprint density at radius 1 is 1.21 bits per heavy atom. The number of carbonyl (C=O) groups excluding carboxylic acids is 4. The van der Waals surface area contributed by atoms with E-state index in [1.165, 1.54) is 4.90 Å². The van der Waals surface area contributed by atoms with Crippen LogP contribution in [0.25, 0.3) is 16.8 Å². The minimum atomic E-state index is -3.85. The number of allylic oxidation sites excluding steroid dienone is 2. The fourth-order valence-corrected chi connectivity index (χ4v) is 8.79. The molecule has 2 aliphatic carbocycles. The molecular weight excluding hydrogens is 687 g/mol. The zero-order valence-electron chi connectivity index (χ0n) is 30.6. The van der Waals surface area contributed by atoms with E-state index in [-0.39, 0.29) is 50.5 Å². The van der Waals surface area contributed by atoms with E-state index >= 15 is 0 Å². The quantitative estimate of drug-likeness (QED) is 0.289. The van der Waals surface area contributed by atoms with Gasteiger partial charge in [0.05, 0.1) is 49.3 Å². The Balaban J connectivity index is 1.36. The number of esters is 1. The number of nitrogens with zero attached hydrogens (tertiary/aromatic N) is 2. The number of pyridine rings is 1. The lowest BCUT2D eigenvalue weighted by molar-refractivity contribution is -0.154. The van der Waals surface area contributed by atoms with Gasteiger partial charge in [-0.1, -0.05) is 45.9 Å². The van der Waals surface area contributed by atoms with Crippen LogP contribution < -0.4 is 14.2 Å². The Labute approximate surface area is 305 Å². The van der Waals surface area contributed by atoms with Crippen molar-refractivity contribution in [2.45, 2.75) is 90.0 Å². The Hall–Kier alpha value is -4.26. The molecule has 1 saturated heterocycles. The number of fused-ring (bicyclic) bond motifs is 3. The standard InChI is InChI=1S/C39H49N3O9S/c1-7-26-19-39(26,37(46)41-52(47,48)28-11-12-28)20-32(43)31-17-27-21-42(31)36(45)30(38(3,4)5)18-34(44)50-22-23(2)9-8-10-25-15-29-24(16-33(25)49-6)13-14-40-35(29)51-27/h7-8,10,13-16,23,26-28,30-31H,1,9,11-12,17-22H2,2-6H3,(H,41,46)/b10-8+/t23-,26+,27+,30+,31-,39+/m0/s1. The van der Waals surface area contributed by atoms with Crippen molar-refractivity contribution in [2.75, 3.05) is 20.3 Å². The van der Waals surface area contributed by atoms with Gasteiger partial charge in [0, 0.05) is 30.0 Å². The van der Waals surface area contributed by atoms with E-state index < -0.39 is 67.9 Å². The molecule has 52 heavy (non-hydrogen) atoms. The monoisotopic (exact) mass is 735 g/mol. The summed E-state index contributed by atoms with van der Waals surface area (Å²) in [7, 11) is -2.25. The highest BCUT2D eigenvalue weighted by Gasteiger charge is 2.61. The Morgan fingerprint density at radius 3 is 2.62 bits per heavy atom. The summed E-state index contributed by atoms with van der Waals surface area (Å²) >= 11 is 0. The number of sulfonamides is 1. The van der Waals surface area contributed by atoms with Crippen molar-refractivity contribution in [3.63, 3.8) is 0 Å². The lowest BCUT2D eigenvalue weighted by Crippen LogP contribution is -2.48. The summed E-state index contributed by atoms with van der Waals surface area (Å²) in [6.45, 7) is 11.6. The van der Waals surface area contributed by atoms with Gasteiger partial charge in [-0.3, -0.25) is 23.9 Å². The smallest absolute Gasteiger partial charge is 0.306 e. The molecule has 12 nitrogen and oxygen atoms in total. The van der Waals surface area contributed by atoms with E-state index in [2.05, 4.69) is 16.3 Å². The minimum absolute atomic E-state index is 0.00169. The molecule has 1 aromatic heterocycles. The van der Waals surface area contributed by atoms with Gasteiger partial charge < -0.3 is 19.1 Å². The maximum absolute atomic E-state index is 14.6. The third kappa shape index (κ3) is 7.74. The van der Waals surface area contributed by atoms with Crippen molar-refractivity contribution in [3.05, 3.63) is 48.7 Å². The molecule has 2 aliphatic heterocycles. The Bertz CT molecular complexity index is 1910. The van der Waals surface area contributed by atoms with Crippen LogP contribution in [-0.4, -0.2) is 79.5 Å². The number of methoxy groups -OCH3 is 1. The van der Waals surface area contributed by atoms with E-state index in [1.807, 2.05) is 58.0 Å². The first-order valence-corrected chi connectivity index (χ1v) is 19.6. The summed E-state index contributed by atoms with van der Waals surface area (Å²) in [5.41, 5.74) is -1.16. The van der Waals surface area contributed by atoms with E-state index in [9.17, 15) is 27.6 Å². The summed E-state index contributed by atoms with van der Waals surface area (Å²) in [4.78, 5) is 61.8. The first kappa shape index (κ1) is 37.5. The van der Waals surface area contributed by atoms with Crippen molar-refractivity contribution >= 4 is 50.4 Å². The van der Waals surface area contributed by atoms with Crippen LogP contribution in [0.4, 0.5) is 0 Å². The van der Waals surface area contributed by atoms with Gasteiger partial charge in [-0.25, -0.2) is 13.4 Å². The highest BCUT2D eigenvalue weighted by Crippen LogP contribution is 2.57. The van der Waals surface area contributed by atoms with E-state index in [4.69, 9.17) is 14.2 Å². The lowest BCUT2D eigenvalue weighted by Gasteiger charge is -2.34. The predicted molar refractivity (Wildman–Crippen MR) is 195 cm³/mol. The number of nitrogens with one attached hydrogen (secondary N) is 1. The topological polar surface area (TPSA) is 158 Å². The SMILES string of the molecule is C=C[C@@H]1C[C@]1(CC(=O)[C@@H]1C[C@@H]2CN1C(=O)[C@H](C(C)(C)C)CC(=O)OC[C@@H](C)C/C=C/c1cc3c(nccc3cc1OC)O2)C(=O)NS(=O)(=O)C1CC1. The van der Waals surface area contributed by atoms with Gasteiger partial charge in [0.15, 0.2) is 5.78 Å². The summed E-state index contributed by atoms with van der Waals surface area (Å²) < 4.78 is 45.5. The molecule has 3 fully saturated rings. The van der Waals surface area contributed by atoms with Crippen molar-refractivity contribution < 1.29 is 41.8 Å². The first-order chi connectivity index (χ1) is 24.6. The van der Waals surface area contributed by atoms with Crippen LogP contribution in [0.5, 0.6) is 11.6 Å². The second-order valence-corrected chi connectivity index (χ2v) is 17.9. The largest absolute Gasteiger partial charge is 0.496 e. The summed E-state index contributed by atoms with van der Waals surface area (Å²) in [6.07, 6.45) is 8.02. The molecule has 2 amide bonds. The maximum atomic E-state index is 14.6. The van der Waals surface area contributed by atoms with E-state index in [0.29, 0.717) is 30.9 Å². The van der Waals surface area contributed by atoms with Crippen LogP contribution in [0.2, 0.25) is 0 Å². The van der Waals surface area contributed by atoms with Gasteiger partial charge in [-0.05, 0) is 66.5 Å². The third-order valence-electron chi connectivity index (χ3n) is 10.9. The van der Waals surface area contributed by atoms with Crippen molar-refractivity contribution in [2.24, 2.45) is 28.6 Å². The number of ether oxygens (including phenoxy) is 3. The molecule has 6 atom stereocenters. The van der Waals surface area contributed by atoms with Crippen LogP contribution in [0, 0.1) is 28.6 Å². The summed E-state index contributed by atoms with van der Waals surface area (Å²) in [5, 5.41) is 0.952. The normalized spacial score (nSPS) is 29.0. The van der Waals surface area contributed by atoms with E-state index in [0.717, 1.165) is 16.3 Å². The first-order valence-electron chi connectivity index (χ1n) is 18.0. The van der Waals surface area contributed by atoms with Gasteiger partial charge in [-0.2, -0.15) is 0 Å². The number of rotatable bonds is 8. The number of amides is 2. The van der Waals surface area contributed by atoms with Crippen molar-refractivity contribution in [1.82, 2.24) is 14.6 Å². The fourth-order valence-electron chi connectivity index (χ4n) is 7.41. The predicted octanol–water partition coefficient (Wildman–Crippen LogP) is 5.00. The molecule has 3 heterocycles. The highest BCUT2D eigenvalue weighted by atomic mass is 32.2. The molecule has 6 rings (SSSR count). The molecule has 4 aliphatic rings. The number of hydrogen-bond acceptors (Lipinski definition) is 10. The number of Topliss-reactive ketones (excluding diaryl/α,β-unsaturated/α-hetero) is 1. The van der Waals surface area contributed by atoms with Crippen LogP contribution in [0.15, 0.2) is 43.1 Å². The number of hydrogen-bond donors (Lipinski definition) is 1. The molecule has 0 spiro atoms. The van der Waals surface area contributed by atoms with Crippen LogP contribution in [0.1, 0.15) is 78.2 Å². The third-order valence-corrected chi connectivity index (χ3v) is 12.7. The van der Waals surface area contributed by atoms with Crippen LogP contribution >= 0.6 is 0 Å². The van der Waals surface area contributed by atoms with Crippen LogP contribution in [-0.2, 0) is 33.9 Å². The zero-order chi connectivity index (χ0) is 37.6. The number of aromatic nitrogens is 1. The molecule has 280 valence electrons. The average Bonchev–Trinajstić information content (AvgIpc) is 4.02. The lowest BCUT2D eigenvalue weighted by atomic mass is 9.77. The molecule has 1 aromatic carbocycles. The number of cyclic esters (lactones) is 1. The molecule has 1 N–H and O–H groups in total. The Morgan fingerprint density at radius 2 is 1.96 bits per heavy atom. The van der Waals surface area contributed by atoms with Gasteiger partial charge in [0.25, 0.3) is 0 Å². The zero-order valence-corrected chi connectivity index (χ0v) is 31.4. The number of ketones is 1. The molecule has 13 heteroatoms. The summed E-state index contributed by atoms with van der Waals surface area (Å²) in [6, 6.07) is 4.68. The fraction of sp³-hybridized carbons (Fsp3) is 0.564. The van der Waals surface area contributed by atoms with Gasteiger partial charge in [0.1, 0.15) is 11.9 Å². The van der Waals surface area contributed by atoms with E-state index in [1.54, 1.807) is 19.4 Å². The minimum Gasteiger partial charge on any atom is -0.496 e. The maximum Gasteiger partial charge on any atom is 0.306 e. The molecule has 0 unspecified atom stereocenters. The molecule has 0 radical (unpaired) electrons. The highest BCUT2D eigenvalue weighted by molar-refractivity contribution is 7.90. The molecule has 4 bridgehead atoms. The number of carbonyl (C=O) groups is 4. The second kappa shape index (κ2) is 14.3. The summed E-state index contributed by atoms with van der Waals surface area (Å²) in [5.74, 6) is -2.24. The van der Waals surface area contributed by atoms with Crippen molar-refractivity contribution in [3.8, 4) is 11.6 Å². The molecule has 2 saturated carbocycles. The molecule has 2 aromatic rings. The second-order valence-electron chi connectivity index (χ2n) is 16.0. The van der Waals surface area contributed by atoms with Gasteiger partial charge in [-0.15, -0.1) is 6.58 Å². The average molecular weight is 736 g/mol. The van der Waals surface area contributed by atoms with Gasteiger partial charge >= 0.3 is 5.97 Å². The Kier molecular flexibility index (Phi) is 10.3. The van der Waals surface area contributed by atoms with Crippen LogP contribution in [0.3, 0.4) is 0 Å². The van der Waals surface area contributed by atoms with Crippen molar-refractivity contribution in [1.29, 1.82) is 0 Å². The molecular formula is C39H49N3O9S.